The number of hydrogen-bond donors (Lipinski definition) is 3. The highest BCUT2D eigenvalue weighted by atomic mass is 16.5. The second-order valence-corrected chi connectivity index (χ2v) is 7.62. The number of fused-ring (bicyclic) bond motifs is 1. The molecule has 0 radical (unpaired) electrons. The fraction of sp³-hybridized carbons (Fsp3) is 0.938. The molecule has 2 saturated carbocycles. The molecule has 5 unspecified atom stereocenters. The Morgan fingerprint density at radius 2 is 2.05 bits per heavy atom. The fourth-order valence-corrected chi connectivity index (χ4v) is 4.64. The molecular weight excluding hydrogens is 268 g/mol. The third kappa shape index (κ3) is 2.21. The van der Waals surface area contributed by atoms with Gasteiger partial charge >= 0.3 is 0 Å². The molecule has 1 heterocycles. The Labute approximate surface area is 126 Å². The summed E-state index contributed by atoms with van der Waals surface area (Å²) in [7, 11) is 0. The normalized spacial score (nSPS) is 45.3. The van der Waals surface area contributed by atoms with E-state index < -0.39 is 5.54 Å². The highest BCUT2D eigenvalue weighted by Gasteiger charge is 2.70. The summed E-state index contributed by atoms with van der Waals surface area (Å²) in [5.74, 6) is 0.0631. The van der Waals surface area contributed by atoms with Crippen LogP contribution in [0.5, 0.6) is 0 Å². The van der Waals surface area contributed by atoms with Crippen molar-refractivity contribution in [3.8, 4) is 0 Å². The maximum atomic E-state index is 12.8. The zero-order chi connectivity index (χ0) is 15.3. The average molecular weight is 296 g/mol. The Balaban J connectivity index is 1.70. The Hall–Kier alpha value is -0.650. The molecule has 5 heteroatoms. The van der Waals surface area contributed by atoms with Gasteiger partial charge < -0.3 is 20.9 Å². The van der Waals surface area contributed by atoms with Crippen molar-refractivity contribution in [2.45, 2.75) is 76.2 Å². The number of aliphatic hydroxyl groups excluding tert-OH is 1. The van der Waals surface area contributed by atoms with Gasteiger partial charge in [-0.05, 0) is 38.5 Å². The summed E-state index contributed by atoms with van der Waals surface area (Å²) in [4.78, 5) is 12.8. The predicted molar refractivity (Wildman–Crippen MR) is 79.6 cm³/mol. The van der Waals surface area contributed by atoms with Crippen molar-refractivity contribution >= 4 is 5.91 Å². The second-order valence-electron chi connectivity index (χ2n) is 7.62. The van der Waals surface area contributed by atoms with Gasteiger partial charge in [-0.2, -0.15) is 0 Å². The van der Waals surface area contributed by atoms with Gasteiger partial charge in [0.2, 0.25) is 5.91 Å². The highest BCUT2D eigenvalue weighted by Crippen LogP contribution is 2.57. The summed E-state index contributed by atoms with van der Waals surface area (Å²) in [5, 5.41) is 12.9. The van der Waals surface area contributed by atoms with Gasteiger partial charge in [-0.15, -0.1) is 0 Å². The molecule has 0 aromatic heterocycles. The number of aliphatic hydroxyl groups is 1. The second kappa shape index (κ2) is 5.21. The third-order valence-corrected chi connectivity index (χ3v) is 6.04. The number of carbonyl (C=O) groups is 1. The monoisotopic (exact) mass is 296 g/mol. The lowest BCUT2D eigenvalue weighted by atomic mass is 9.46. The molecule has 1 saturated heterocycles. The minimum atomic E-state index is -0.847. The molecule has 3 aliphatic rings. The first-order chi connectivity index (χ1) is 9.87. The van der Waals surface area contributed by atoms with Gasteiger partial charge in [0, 0.05) is 24.0 Å². The van der Waals surface area contributed by atoms with Crippen molar-refractivity contribution < 1.29 is 14.6 Å². The summed E-state index contributed by atoms with van der Waals surface area (Å²) >= 11 is 0. The van der Waals surface area contributed by atoms with Gasteiger partial charge in [0.05, 0.1) is 12.2 Å². The van der Waals surface area contributed by atoms with E-state index in [0.29, 0.717) is 6.42 Å². The molecule has 0 spiro atoms. The first kappa shape index (κ1) is 15.3. The quantitative estimate of drug-likeness (QED) is 0.708. The van der Waals surface area contributed by atoms with Crippen molar-refractivity contribution in [1.82, 2.24) is 5.32 Å². The Kier molecular flexibility index (Phi) is 3.79. The zero-order valence-electron chi connectivity index (χ0n) is 13.1. The van der Waals surface area contributed by atoms with Crippen molar-refractivity contribution in [2.75, 3.05) is 6.61 Å². The molecule has 2 aliphatic carbocycles. The number of nitrogens with two attached hydrogens (primary N) is 1. The molecule has 21 heavy (non-hydrogen) atoms. The molecule has 0 bridgehead atoms. The van der Waals surface area contributed by atoms with Crippen LogP contribution in [0.4, 0.5) is 0 Å². The lowest BCUT2D eigenvalue weighted by Gasteiger charge is -2.65. The number of carbonyl (C=O) groups excluding carboxylic acids is 1. The third-order valence-electron chi connectivity index (χ3n) is 6.04. The number of rotatable bonds is 2. The fourth-order valence-electron chi connectivity index (χ4n) is 4.64. The van der Waals surface area contributed by atoms with E-state index in [1.165, 1.54) is 0 Å². The summed E-state index contributed by atoms with van der Waals surface area (Å²) < 4.78 is 5.84. The van der Waals surface area contributed by atoms with Crippen LogP contribution >= 0.6 is 0 Å². The van der Waals surface area contributed by atoms with Gasteiger partial charge in [0.25, 0.3) is 0 Å². The van der Waals surface area contributed by atoms with Crippen LogP contribution in [0.2, 0.25) is 0 Å². The van der Waals surface area contributed by atoms with Crippen LogP contribution < -0.4 is 11.1 Å². The Morgan fingerprint density at radius 3 is 2.76 bits per heavy atom. The predicted octanol–water partition coefficient (Wildman–Crippen LogP) is 0.939. The molecule has 3 fully saturated rings. The number of amides is 1. The van der Waals surface area contributed by atoms with Crippen LogP contribution in [-0.4, -0.2) is 41.4 Å². The summed E-state index contributed by atoms with van der Waals surface area (Å²) in [6.45, 7) is 4.85. The SMILES string of the molecule is CC1(C)C2OCCCC2C1(N)C(=O)NC1CCCC(O)C1. The van der Waals surface area contributed by atoms with E-state index in [-0.39, 0.29) is 35.5 Å². The molecule has 1 aliphatic heterocycles. The summed E-state index contributed by atoms with van der Waals surface area (Å²) in [6, 6.07) is 0.0565. The van der Waals surface area contributed by atoms with Gasteiger partial charge in [0.15, 0.2) is 0 Å². The molecule has 0 aromatic rings. The van der Waals surface area contributed by atoms with E-state index in [9.17, 15) is 9.90 Å². The van der Waals surface area contributed by atoms with E-state index in [4.69, 9.17) is 10.5 Å². The maximum Gasteiger partial charge on any atom is 0.241 e. The van der Waals surface area contributed by atoms with Crippen LogP contribution in [0.3, 0.4) is 0 Å². The van der Waals surface area contributed by atoms with Crippen LogP contribution in [0.15, 0.2) is 0 Å². The molecule has 5 nitrogen and oxygen atoms in total. The molecule has 3 rings (SSSR count). The van der Waals surface area contributed by atoms with Crippen molar-refractivity contribution in [3.05, 3.63) is 0 Å². The maximum absolute atomic E-state index is 12.8. The minimum absolute atomic E-state index is 0.0565. The van der Waals surface area contributed by atoms with Crippen LogP contribution in [0.25, 0.3) is 0 Å². The molecule has 120 valence electrons. The number of nitrogens with one attached hydrogen (secondary N) is 1. The number of hydrogen-bond acceptors (Lipinski definition) is 4. The van der Waals surface area contributed by atoms with Crippen LogP contribution in [-0.2, 0) is 9.53 Å². The van der Waals surface area contributed by atoms with Crippen molar-refractivity contribution in [1.29, 1.82) is 0 Å². The number of ether oxygens (including phenoxy) is 1. The van der Waals surface area contributed by atoms with E-state index in [1.54, 1.807) is 0 Å². The highest BCUT2D eigenvalue weighted by molar-refractivity contribution is 5.89. The van der Waals surface area contributed by atoms with E-state index in [2.05, 4.69) is 5.32 Å². The van der Waals surface area contributed by atoms with Gasteiger partial charge in [-0.25, -0.2) is 0 Å². The topological polar surface area (TPSA) is 84.6 Å². The van der Waals surface area contributed by atoms with Crippen LogP contribution in [0, 0.1) is 11.3 Å². The molecule has 0 aromatic carbocycles. The van der Waals surface area contributed by atoms with Gasteiger partial charge in [-0.1, -0.05) is 13.8 Å². The first-order valence-electron chi connectivity index (χ1n) is 8.27. The Bertz CT molecular complexity index is 426. The van der Waals surface area contributed by atoms with Gasteiger partial charge in [-0.3, -0.25) is 4.79 Å². The largest absolute Gasteiger partial charge is 0.393 e. The summed E-state index contributed by atoms with van der Waals surface area (Å²) in [6.07, 6.45) is 5.12. The lowest BCUT2D eigenvalue weighted by molar-refractivity contribution is -0.225. The minimum Gasteiger partial charge on any atom is -0.393 e. The first-order valence-corrected chi connectivity index (χ1v) is 8.27. The van der Waals surface area contributed by atoms with E-state index in [1.807, 2.05) is 13.8 Å². The molecule has 1 amide bonds. The van der Waals surface area contributed by atoms with Gasteiger partial charge in [0.1, 0.15) is 5.54 Å². The standard InChI is InChI=1S/C16H28N2O3/c1-15(2)13-12(7-4-8-21-13)16(15,17)14(20)18-10-5-3-6-11(19)9-10/h10-13,19H,3-9,17H2,1-2H3,(H,18,20). The van der Waals surface area contributed by atoms with Crippen LogP contribution in [0.1, 0.15) is 52.4 Å². The smallest absolute Gasteiger partial charge is 0.241 e. The molecule has 5 atom stereocenters. The average Bonchev–Trinajstić information content (AvgIpc) is 2.46. The lowest BCUT2D eigenvalue weighted by Crippen LogP contribution is -2.82. The van der Waals surface area contributed by atoms with Crippen molar-refractivity contribution in [3.63, 3.8) is 0 Å². The zero-order valence-corrected chi connectivity index (χ0v) is 13.1. The summed E-state index contributed by atoms with van der Waals surface area (Å²) in [5.41, 5.74) is 5.39. The van der Waals surface area contributed by atoms with E-state index >= 15 is 0 Å². The van der Waals surface area contributed by atoms with Crippen molar-refractivity contribution in [2.24, 2.45) is 17.1 Å². The van der Waals surface area contributed by atoms with E-state index in [0.717, 1.165) is 38.7 Å². The Morgan fingerprint density at radius 1 is 1.29 bits per heavy atom. The molecule has 4 N–H and O–H groups in total. The molecular formula is C16H28N2O3.